The fourth-order valence-corrected chi connectivity index (χ4v) is 3.65. The van der Waals surface area contributed by atoms with E-state index in [0.717, 1.165) is 32.7 Å². The van der Waals surface area contributed by atoms with Crippen LogP contribution < -0.4 is 5.32 Å². The van der Waals surface area contributed by atoms with Gasteiger partial charge in [0.05, 0.1) is 10.6 Å². The van der Waals surface area contributed by atoms with Crippen molar-refractivity contribution in [3.63, 3.8) is 0 Å². The summed E-state index contributed by atoms with van der Waals surface area (Å²) in [7, 11) is 0. The summed E-state index contributed by atoms with van der Waals surface area (Å²) in [5.74, 6) is -0.0478. The van der Waals surface area contributed by atoms with Gasteiger partial charge >= 0.3 is 0 Å². The average molecular weight is 306 g/mol. The highest BCUT2D eigenvalue weighted by Crippen LogP contribution is 2.39. The third kappa shape index (κ3) is 2.12. The van der Waals surface area contributed by atoms with Crippen LogP contribution in [0.4, 0.5) is 5.69 Å². The number of thioether (sulfide) groups is 1. The fourth-order valence-electron chi connectivity index (χ4n) is 2.72. The van der Waals surface area contributed by atoms with Crippen LogP contribution in [-0.2, 0) is 4.79 Å². The van der Waals surface area contributed by atoms with Gasteiger partial charge in [0.1, 0.15) is 0 Å². The Morgan fingerprint density at radius 2 is 1.82 bits per heavy atom. The highest BCUT2D eigenvalue weighted by molar-refractivity contribution is 8.04. The van der Waals surface area contributed by atoms with Crippen molar-refractivity contribution in [2.75, 3.05) is 5.32 Å². The molecule has 1 aliphatic rings. The lowest BCUT2D eigenvalue weighted by Crippen LogP contribution is -2.17. The predicted molar refractivity (Wildman–Crippen MR) is 91.9 cm³/mol. The third-order valence-electron chi connectivity index (χ3n) is 3.80. The van der Waals surface area contributed by atoms with E-state index >= 15 is 0 Å². The number of carbonyl (C=O) groups is 1. The molecule has 1 aliphatic heterocycles. The van der Waals surface area contributed by atoms with Gasteiger partial charge in [-0.25, -0.2) is 0 Å². The molecule has 4 heteroatoms. The van der Waals surface area contributed by atoms with E-state index in [2.05, 4.69) is 16.4 Å². The summed E-state index contributed by atoms with van der Waals surface area (Å²) < 4.78 is 0. The molecule has 2 aromatic carbocycles. The molecule has 0 aliphatic carbocycles. The summed E-state index contributed by atoms with van der Waals surface area (Å²) in [6.07, 6.45) is 1.98. The number of benzene rings is 2. The molecular formula is C18H14N2OS. The number of aromatic nitrogens is 1. The topological polar surface area (TPSA) is 44.9 Å². The summed E-state index contributed by atoms with van der Waals surface area (Å²) in [6.45, 7) is 2.03. The number of amides is 1. The van der Waals surface area contributed by atoms with Gasteiger partial charge in [-0.1, -0.05) is 42.1 Å². The highest BCUT2D eigenvalue weighted by Gasteiger charge is 2.21. The zero-order valence-corrected chi connectivity index (χ0v) is 12.8. The first-order chi connectivity index (χ1) is 10.7. The molecule has 108 valence electrons. The number of carbonyl (C=O) groups excluding carboxylic acids is 1. The highest BCUT2D eigenvalue weighted by atomic mass is 32.2. The van der Waals surface area contributed by atoms with Crippen molar-refractivity contribution in [1.82, 2.24) is 4.98 Å². The number of hydrogen-bond acceptors (Lipinski definition) is 2. The zero-order chi connectivity index (χ0) is 15.1. The van der Waals surface area contributed by atoms with Crippen molar-refractivity contribution in [2.24, 2.45) is 0 Å². The van der Waals surface area contributed by atoms with Gasteiger partial charge in [-0.2, -0.15) is 0 Å². The Kier molecular flexibility index (Phi) is 3.05. The van der Waals surface area contributed by atoms with Gasteiger partial charge < -0.3 is 10.3 Å². The number of rotatable bonds is 1. The second kappa shape index (κ2) is 5.07. The van der Waals surface area contributed by atoms with Crippen LogP contribution in [0.15, 0.2) is 58.3 Å². The van der Waals surface area contributed by atoms with Crippen LogP contribution in [0.2, 0.25) is 0 Å². The number of H-pyrrole nitrogens is 1. The maximum absolute atomic E-state index is 12.3. The molecule has 1 amide bonds. The van der Waals surface area contributed by atoms with E-state index in [1.165, 1.54) is 11.8 Å². The molecule has 0 saturated carbocycles. The van der Waals surface area contributed by atoms with Crippen LogP contribution >= 0.6 is 11.8 Å². The van der Waals surface area contributed by atoms with Crippen molar-refractivity contribution in [2.45, 2.75) is 11.8 Å². The molecule has 0 atom stereocenters. The summed E-state index contributed by atoms with van der Waals surface area (Å²) in [5, 5.41) is 4.09. The smallest absolute Gasteiger partial charge is 0.262 e. The number of para-hydroxylation sites is 2. The molecular weight excluding hydrogens is 292 g/mol. The van der Waals surface area contributed by atoms with Gasteiger partial charge in [0.25, 0.3) is 5.91 Å². The van der Waals surface area contributed by atoms with Crippen molar-refractivity contribution >= 4 is 40.3 Å². The standard InChI is InChI=1S/C18H14N2OS/c1-11-13(12-6-2-3-7-14(12)19-11)10-17-18(21)20-15-8-4-5-9-16(15)22-17/h2-10,19H,1H3,(H,20,21)/b17-10-. The average Bonchev–Trinajstić information content (AvgIpc) is 2.84. The van der Waals surface area contributed by atoms with Crippen LogP contribution in [0.1, 0.15) is 11.3 Å². The number of hydrogen-bond donors (Lipinski definition) is 2. The van der Waals surface area contributed by atoms with Gasteiger partial charge in [0.2, 0.25) is 0 Å². The summed E-state index contributed by atoms with van der Waals surface area (Å²) in [4.78, 5) is 17.5. The summed E-state index contributed by atoms with van der Waals surface area (Å²) in [5.41, 5.74) is 4.12. The molecule has 2 N–H and O–H groups in total. The Morgan fingerprint density at radius 1 is 1.05 bits per heavy atom. The largest absolute Gasteiger partial charge is 0.358 e. The Morgan fingerprint density at radius 3 is 2.73 bits per heavy atom. The van der Waals surface area contributed by atoms with Gasteiger partial charge in [-0.15, -0.1) is 0 Å². The van der Waals surface area contributed by atoms with Crippen molar-refractivity contribution in [1.29, 1.82) is 0 Å². The molecule has 3 aromatic rings. The quantitative estimate of drug-likeness (QED) is 0.647. The lowest BCUT2D eigenvalue weighted by molar-refractivity contribution is -0.112. The van der Waals surface area contributed by atoms with E-state index in [0.29, 0.717) is 4.91 Å². The minimum absolute atomic E-state index is 0.0478. The summed E-state index contributed by atoms with van der Waals surface area (Å²) in [6, 6.07) is 16.0. The van der Waals surface area contributed by atoms with Crippen molar-refractivity contribution in [3.05, 3.63) is 64.7 Å². The Labute approximate surface area is 132 Å². The van der Waals surface area contributed by atoms with Crippen LogP contribution in [-0.4, -0.2) is 10.9 Å². The second-order valence-corrected chi connectivity index (χ2v) is 6.35. The van der Waals surface area contributed by atoms with E-state index < -0.39 is 0 Å². The van der Waals surface area contributed by atoms with Gasteiger partial charge in [-0.05, 0) is 31.2 Å². The Bertz CT molecular complexity index is 924. The lowest BCUT2D eigenvalue weighted by atomic mass is 10.1. The second-order valence-electron chi connectivity index (χ2n) is 5.27. The first-order valence-electron chi connectivity index (χ1n) is 7.09. The van der Waals surface area contributed by atoms with E-state index in [-0.39, 0.29) is 5.91 Å². The monoisotopic (exact) mass is 306 g/mol. The van der Waals surface area contributed by atoms with Gasteiger partial charge in [0.15, 0.2) is 0 Å². The first-order valence-corrected chi connectivity index (χ1v) is 7.91. The van der Waals surface area contributed by atoms with Gasteiger partial charge in [-0.3, -0.25) is 4.79 Å². The van der Waals surface area contributed by atoms with E-state index in [9.17, 15) is 4.79 Å². The molecule has 0 saturated heterocycles. The molecule has 4 rings (SSSR count). The van der Waals surface area contributed by atoms with E-state index in [1.54, 1.807) is 0 Å². The number of aromatic amines is 1. The number of aryl methyl sites for hydroxylation is 1. The van der Waals surface area contributed by atoms with Crippen LogP contribution in [0.3, 0.4) is 0 Å². The zero-order valence-electron chi connectivity index (χ0n) is 12.0. The van der Waals surface area contributed by atoms with Crippen LogP contribution in [0.5, 0.6) is 0 Å². The number of anilines is 1. The maximum Gasteiger partial charge on any atom is 0.262 e. The predicted octanol–water partition coefficient (Wildman–Crippen LogP) is 4.56. The minimum atomic E-state index is -0.0478. The summed E-state index contributed by atoms with van der Waals surface area (Å²) >= 11 is 1.52. The van der Waals surface area contributed by atoms with Crippen molar-refractivity contribution in [3.8, 4) is 0 Å². The molecule has 0 fully saturated rings. The fraction of sp³-hybridized carbons (Fsp3) is 0.0556. The molecule has 1 aromatic heterocycles. The number of fused-ring (bicyclic) bond motifs is 2. The van der Waals surface area contributed by atoms with E-state index in [1.807, 2.05) is 55.5 Å². The van der Waals surface area contributed by atoms with Gasteiger partial charge in [0, 0.05) is 27.1 Å². The molecule has 3 nitrogen and oxygen atoms in total. The van der Waals surface area contributed by atoms with Crippen LogP contribution in [0.25, 0.3) is 17.0 Å². The molecule has 0 spiro atoms. The Hall–Kier alpha value is -2.46. The molecule has 22 heavy (non-hydrogen) atoms. The Balaban J connectivity index is 1.82. The molecule has 0 bridgehead atoms. The molecule has 0 radical (unpaired) electrons. The minimum Gasteiger partial charge on any atom is -0.358 e. The lowest BCUT2D eigenvalue weighted by Gasteiger charge is -2.18. The van der Waals surface area contributed by atoms with Crippen molar-refractivity contribution < 1.29 is 4.79 Å². The normalized spacial score (nSPS) is 15.9. The van der Waals surface area contributed by atoms with Crippen LogP contribution in [0, 0.1) is 6.92 Å². The maximum atomic E-state index is 12.3. The number of nitrogens with one attached hydrogen (secondary N) is 2. The molecule has 0 unspecified atom stereocenters. The first kappa shape index (κ1) is 13.2. The SMILES string of the molecule is Cc1[nH]c2ccccc2c1/C=C1\Sc2ccccc2NC1=O. The third-order valence-corrected chi connectivity index (χ3v) is 4.90. The molecule has 2 heterocycles. The van der Waals surface area contributed by atoms with E-state index in [4.69, 9.17) is 0 Å².